The monoisotopic (exact) mass is 279 g/mol. The summed E-state index contributed by atoms with van der Waals surface area (Å²) in [6.07, 6.45) is 2.48. The molecule has 106 valence electrons. The van der Waals surface area contributed by atoms with Crippen LogP contribution in [0.25, 0.3) is 11.1 Å². The van der Waals surface area contributed by atoms with E-state index in [2.05, 4.69) is 41.7 Å². The highest BCUT2D eigenvalue weighted by Gasteiger charge is 2.24. The molecule has 0 saturated carbocycles. The Morgan fingerprint density at radius 1 is 1.10 bits per heavy atom. The van der Waals surface area contributed by atoms with Gasteiger partial charge >= 0.3 is 0 Å². The van der Waals surface area contributed by atoms with Crippen LogP contribution in [0.15, 0.2) is 42.5 Å². The van der Waals surface area contributed by atoms with Gasteiger partial charge in [0, 0.05) is 12.3 Å². The van der Waals surface area contributed by atoms with Crippen LogP contribution in [0.2, 0.25) is 0 Å². The maximum atomic E-state index is 12.1. The van der Waals surface area contributed by atoms with E-state index in [1.54, 1.807) is 0 Å². The first-order chi connectivity index (χ1) is 10.3. The van der Waals surface area contributed by atoms with Gasteiger partial charge in [-0.15, -0.1) is 0 Å². The Kier molecular flexibility index (Phi) is 3.00. The number of benzene rings is 2. The fraction of sp³-hybridized carbons (Fsp3) is 0.278. The van der Waals surface area contributed by atoms with Crippen LogP contribution in [0.3, 0.4) is 0 Å². The lowest BCUT2D eigenvalue weighted by atomic mass is 10.1. The average Bonchev–Trinajstić information content (AvgIpc) is 3.14. The van der Waals surface area contributed by atoms with E-state index in [0.29, 0.717) is 6.61 Å². The zero-order chi connectivity index (χ0) is 14.2. The van der Waals surface area contributed by atoms with Gasteiger partial charge in [-0.1, -0.05) is 30.3 Å². The maximum absolute atomic E-state index is 12.1. The SMILES string of the molecule is O=C(Nc1ccc2c(c1)-c1ccccc1C2)[C@H]1CCCO1. The highest BCUT2D eigenvalue weighted by atomic mass is 16.5. The molecule has 1 aliphatic heterocycles. The predicted molar refractivity (Wildman–Crippen MR) is 82.3 cm³/mol. The van der Waals surface area contributed by atoms with E-state index in [9.17, 15) is 4.79 Å². The van der Waals surface area contributed by atoms with E-state index in [-0.39, 0.29) is 12.0 Å². The number of carbonyl (C=O) groups excluding carboxylic acids is 1. The van der Waals surface area contributed by atoms with E-state index in [4.69, 9.17) is 4.74 Å². The largest absolute Gasteiger partial charge is 0.368 e. The topological polar surface area (TPSA) is 38.3 Å². The minimum absolute atomic E-state index is 0.0290. The maximum Gasteiger partial charge on any atom is 0.253 e. The van der Waals surface area contributed by atoms with Crippen molar-refractivity contribution in [1.82, 2.24) is 0 Å². The molecule has 0 unspecified atom stereocenters. The predicted octanol–water partition coefficient (Wildman–Crippen LogP) is 3.38. The lowest BCUT2D eigenvalue weighted by Gasteiger charge is -2.11. The van der Waals surface area contributed by atoms with Crippen LogP contribution in [-0.4, -0.2) is 18.6 Å². The summed E-state index contributed by atoms with van der Waals surface area (Å²) < 4.78 is 5.42. The number of amides is 1. The Hall–Kier alpha value is -2.13. The van der Waals surface area contributed by atoms with Crippen molar-refractivity contribution in [2.75, 3.05) is 11.9 Å². The summed E-state index contributed by atoms with van der Waals surface area (Å²) in [4.78, 5) is 12.1. The lowest BCUT2D eigenvalue weighted by Crippen LogP contribution is -2.26. The summed E-state index contributed by atoms with van der Waals surface area (Å²) in [5.41, 5.74) is 6.05. The Morgan fingerprint density at radius 2 is 1.95 bits per heavy atom. The summed E-state index contributed by atoms with van der Waals surface area (Å²) in [7, 11) is 0. The second kappa shape index (κ2) is 5.01. The highest BCUT2D eigenvalue weighted by molar-refractivity contribution is 5.95. The highest BCUT2D eigenvalue weighted by Crippen LogP contribution is 2.37. The second-order valence-corrected chi connectivity index (χ2v) is 5.70. The molecule has 2 aromatic rings. The number of hydrogen-bond donors (Lipinski definition) is 1. The van der Waals surface area contributed by atoms with Crippen molar-refractivity contribution in [3.63, 3.8) is 0 Å². The van der Waals surface area contributed by atoms with Crippen LogP contribution < -0.4 is 5.32 Å². The van der Waals surface area contributed by atoms with Gasteiger partial charge in [-0.2, -0.15) is 0 Å². The average molecular weight is 279 g/mol. The van der Waals surface area contributed by atoms with Gasteiger partial charge in [-0.25, -0.2) is 0 Å². The van der Waals surface area contributed by atoms with Gasteiger partial charge in [0.05, 0.1) is 0 Å². The zero-order valence-corrected chi connectivity index (χ0v) is 11.8. The minimum Gasteiger partial charge on any atom is -0.368 e. The Balaban J connectivity index is 1.60. The fourth-order valence-electron chi connectivity index (χ4n) is 3.21. The molecule has 1 aliphatic carbocycles. The molecule has 1 heterocycles. The number of hydrogen-bond acceptors (Lipinski definition) is 2. The molecule has 3 heteroatoms. The summed E-state index contributed by atoms with van der Waals surface area (Å²) in [5, 5.41) is 2.98. The van der Waals surface area contributed by atoms with E-state index >= 15 is 0 Å². The standard InChI is InChI=1S/C18H17NO2/c20-18(17-6-3-9-21-17)19-14-8-7-13-10-12-4-1-2-5-15(12)16(13)11-14/h1-2,4-5,7-8,11,17H,3,6,9-10H2,(H,19,20)/t17-/m1/s1. The van der Waals surface area contributed by atoms with Gasteiger partial charge in [-0.3, -0.25) is 4.79 Å². The van der Waals surface area contributed by atoms with Gasteiger partial charge in [0.1, 0.15) is 6.10 Å². The molecule has 1 atom stereocenters. The summed E-state index contributed by atoms with van der Waals surface area (Å²) in [5.74, 6) is -0.0290. The fourth-order valence-corrected chi connectivity index (χ4v) is 3.21. The summed E-state index contributed by atoms with van der Waals surface area (Å²) >= 11 is 0. The number of carbonyl (C=O) groups is 1. The Morgan fingerprint density at radius 3 is 2.81 bits per heavy atom. The third-order valence-corrected chi connectivity index (χ3v) is 4.29. The van der Waals surface area contributed by atoms with Crippen LogP contribution in [0.4, 0.5) is 5.69 Å². The van der Waals surface area contributed by atoms with Crippen molar-refractivity contribution in [2.24, 2.45) is 0 Å². The van der Waals surface area contributed by atoms with Crippen LogP contribution in [0, 0.1) is 0 Å². The summed E-state index contributed by atoms with van der Waals surface area (Å²) in [6, 6.07) is 14.6. The zero-order valence-electron chi connectivity index (χ0n) is 11.8. The second-order valence-electron chi connectivity index (χ2n) is 5.70. The van der Waals surface area contributed by atoms with Gasteiger partial charge in [0.2, 0.25) is 0 Å². The molecular formula is C18H17NO2. The third-order valence-electron chi connectivity index (χ3n) is 4.29. The summed E-state index contributed by atoms with van der Waals surface area (Å²) in [6.45, 7) is 0.690. The number of nitrogens with one attached hydrogen (secondary N) is 1. The van der Waals surface area contributed by atoms with Gasteiger partial charge in [0.25, 0.3) is 5.91 Å². The molecule has 3 nitrogen and oxygen atoms in total. The van der Waals surface area contributed by atoms with E-state index in [0.717, 1.165) is 24.9 Å². The van der Waals surface area contributed by atoms with Crippen molar-refractivity contribution < 1.29 is 9.53 Å². The molecule has 0 bridgehead atoms. The quantitative estimate of drug-likeness (QED) is 0.781. The molecule has 4 rings (SSSR count). The van der Waals surface area contributed by atoms with Gasteiger partial charge in [-0.05, 0) is 53.6 Å². The first-order valence-electron chi connectivity index (χ1n) is 7.45. The first-order valence-corrected chi connectivity index (χ1v) is 7.45. The smallest absolute Gasteiger partial charge is 0.253 e. The van der Waals surface area contributed by atoms with E-state index < -0.39 is 0 Å². The van der Waals surface area contributed by atoms with E-state index in [1.165, 1.54) is 22.3 Å². The van der Waals surface area contributed by atoms with Crippen LogP contribution in [-0.2, 0) is 16.0 Å². The minimum atomic E-state index is -0.287. The number of rotatable bonds is 2. The van der Waals surface area contributed by atoms with Gasteiger partial charge < -0.3 is 10.1 Å². The van der Waals surface area contributed by atoms with Gasteiger partial charge in [0.15, 0.2) is 0 Å². The number of ether oxygens (including phenoxy) is 1. The molecule has 1 amide bonds. The lowest BCUT2D eigenvalue weighted by molar-refractivity contribution is -0.124. The molecule has 2 aliphatic rings. The molecule has 1 fully saturated rings. The van der Waals surface area contributed by atoms with Crippen molar-refractivity contribution >= 4 is 11.6 Å². The van der Waals surface area contributed by atoms with Crippen molar-refractivity contribution in [2.45, 2.75) is 25.4 Å². The van der Waals surface area contributed by atoms with Crippen LogP contribution >= 0.6 is 0 Å². The Labute approximate surface area is 123 Å². The molecule has 21 heavy (non-hydrogen) atoms. The molecule has 0 spiro atoms. The van der Waals surface area contributed by atoms with Crippen molar-refractivity contribution in [3.8, 4) is 11.1 Å². The van der Waals surface area contributed by atoms with Crippen LogP contribution in [0.1, 0.15) is 24.0 Å². The number of anilines is 1. The molecule has 1 saturated heterocycles. The molecular weight excluding hydrogens is 262 g/mol. The third kappa shape index (κ3) is 2.24. The van der Waals surface area contributed by atoms with Crippen LogP contribution in [0.5, 0.6) is 0 Å². The van der Waals surface area contributed by atoms with Crippen molar-refractivity contribution in [1.29, 1.82) is 0 Å². The Bertz CT molecular complexity index is 702. The van der Waals surface area contributed by atoms with Crippen molar-refractivity contribution in [3.05, 3.63) is 53.6 Å². The first kappa shape index (κ1) is 12.6. The number of fused-ring (bicyclic) bond motifs is 3. The molecule has 2 aromatic carbocycles. The molecule has 0 radical (unpaired) electrons. The molecule has 0 aromatic heterocycles. The normalized spacial score (nSPS) is 19.1. The molecule has 1 N–H and O–H groups in total. The van der Waals surface area contributed by atoms with E-state index in [1.807, 2.05) is 6.07 Å².